The molecule has 0 bridgehead atoms. The topological polar surface area (TPSA) is 76.7 Å². The summed E-state index contributed by atoms with van der Waals surface area (Å²) in [5, 5.41) is 5.29. The second-order valence-corrected chi connectivity index (χ2v) is 5.93. The number of amides is 2. The summed E-state index contributed by atoms with van der Waals surface area (Å²) < 4.78 is 10.9. The molecule has 1 aliphatic rings. The molecule has 21 heavy (non-hydrogen) atoms. The van der Waals surface area contributed by atoms with E-state index >= 15 is 0 Å². The van der Waals surface area contributed by atoms with Crippen LogP contribution in [0.25, 0.3) is 0 Å². The van der Waals surface area contributed by atoms with Crippen molar-refractivity contribution < 1.29 is 19.1 Å². The number of hydrogen-bond donors (Lipinski definition) is 2. The molecule has 0 unspecified atom stereocenters. The average Bonchev–Trinajstić information content (AvgIpc) is 2.46. The molecule has 0 spiro atoms. The van der Waals surface area contributed by atoms with Crippen LogP contribution in [0, 0.1) is 0 Å². The first-order valence-corrected chi connectivity index (χ1v) is 6.82. The molecule has 1 aromatic carbocycles. The Morgan fingerprint density at radius 1 is 1.33 bits per heavy atom. The van der Waals surface area contributed by atoms with Crippen molar-refractivity contribution >= 4 is 17.7 Å². The van der Waals surface area contributed by atoms with Crippen molar-refractivity contribution in [1.29, 1.82) is 0 Å². The Morgan fingerprint density at radius 3 is 2.67 bits per heavy atom. The van der Waals surface area contributed by atoms with Crippen molar-refractivity contribution in [2.75, 3.05) is 5.32 Å². The largest absolute Gasteiger partial charge is 0.486 e. The molecule has 0 fully saturated rings. The zero-order valence-electron chi connectivity index (χ0n) is 12.6. The molecule has 2 amide bonds. The summed E-state index contributed by atoms with van der Waals surface area (Å²) in [4.78, 5) is 24.1. The van der Waals surface area contributed by atoms with Crippen molar-refractivity contribution in [2.45, 2.75) is 45.4 Å². The predicted octanol–water partition coefficient (Wildman–Crippen LogP) is 2.30. The van der Waals surface area contributed by atoms with Gasteiger partial charge in [0.2, 0.25) is 0 Å². The lowest BCUT2D eigenvalue weighted by Gasteiger charge is -2.24. The number of carbonyl (C=O) groups is 2. The van der Waals surface area contributed by atoms with Gasteiger partial charge in [0.15, 0.2) is 0 Å². The summed E-state index contributed by atoms with van der Waals surface area (Å²) in [7, 11) is 0. The monoisotopic (exact) mass is 292 g/mol. The lowest BCUT2D eigenvalue weighted by atomic mass is 10.1. The molecule has 1 aromatic rings. The maximum Gasteiger partial charge on any atom is 0.408 e. The zero-order chi connectivity index (χ0) is 15.6. The molecule has 0 aliphatic carbocycles. The maximum absolute atomic E-state index is 12.2. The Balaban J connectivity index is 2.11. The number of benzene rings is 1. The number of carbonyl (C=O) groups excluding carboxylic acids is 2. The SMILES string of the molecule is C[C@@H]1Oc2ccccc2NC(=O)[C@@H]1NC(=O)OC(C)(C)C. The normalized spacial score (nSPS) is 21.4. The van der Waals surface area contributed by atoms with Crippen LogP contribution in [0.5, 0.6) is 5.75 Å². The summed E-state index contributed by atoms with van der Waals surface area (Å²) >= 11 is 0. The van der Waals surface area contributed by atoms with Crippen molar-refractivity contribution in [3.05, 3.63) is 24.3 Å². The van der Waals surface area contributed by atoms with E-state index in [2.05, 4.69) is 10.6 Å². The Bertz CT molecular complexity index is 551. The summed E-state index contributed by atoms with van der Waals surface area (Å²) in [6, 6.07) is 6.30. The van der Waals surface area contributed by atoms with Gasteiger partial charge >= 0.3 is 6.09 Å². The highest BCUT2D eigenvalue weighted by atomic mass is 16.6. The molecule has 2 atom stereocenters. The van der Waals surface area contributed by atoms with Gasteiger partial charge in [-0.2, -0.15) is 0 Å². The summed E-state index contributed by atoms with van der Waals surface area (Å²) in [5.74, 6) is 0.241. The Kier molecular flexibility index (Phi) is 4.06. The summed E-state index contributed by atoms with van der Waals surface area (Å²) in [6.45, 7) is 7.00. The highest BCUT2D eigenvalue weighted by molar-refractivity contribution is 5.98. The molecule has 2 rings (SSSR count). The first-order valence-electron chi connectivity index (χ1n) is 6.82. The standard InChI is InChI=1S/C15H20N2O4/c1-9-12(17-14(19)21-15(2,3)4)13(18)16-10-7-5-6-8-11(10)20-9/h5-9,12H,1-4H3,(H,16,18)(H,17,19)/t9-,12+/m0/s1. The number of ether oxygens (including phenoxy) is 2. The molecule has 2 N–H and O–H groups in total. The second kappa shape index (κ2) is 5.63. The molecule has 6 nitrogen and oxygen atoms in total. The average molecular weight is 292 g/mol. The quantitative estimate of drug-likeness (QED) is 0.832. The van der Waals surface area contributed by atoms with E-state index in [1.54, 1.807) is 45.9 Å². The number of para-hydroxylation sites is 2. The molecule has 1 heterocycles. The Morgan fingerprint density at radius 2 is 2.00 bits per heavy atom. The maximum atomic E-state index is 12.2. The fraction of sp³-hybridized carbons (Fsp3) is 0.467. The van der Waals surface area contributed by atoms with Crippen molar-refractivity contribution in [3.63, 3.8) is 0 Å². The molecule has 0 radical (unpaired) electrons. The Labute approximate surface area is 123 Å². The van der Waals surface area contributed by atoms with Gasteiger partial charge in [0.05, 0.1) is 5.69 Å². The van der Waals surface area contributed by atoms with E-state index in [-0.39, 0.29) is 5.91 Å². The van der Waals surface area contributed by atoms with E-state index in [0.29, 0.717) is 11.4 Å². The highest BCUT2D eigenvalue weighted by Gasteiger charge is 2.33. The third kappa shape index (κ3) is 3.87. The molecule has 0 aromatic heterocycles. The van der Waals surface area contributed by atoms with Gasteiger partial charge in [0, 0.05) is 0 Å². The fourth-order valence-electron chi connectivity index (χ4n) is 1.98. The van der Waals surface area contributed by atoms with Gasteiger partial charge in [-0.1, -0.05) is 12.1 Å². The van der Waals surface area contributed by atoms with Gasteiger partial charge in [-0.15, -0.1) is 0 Å². The summed E-state index contributed by atoms with van der Waals surface area (Å²) in [5.41, 5.74) is -0.0407. The van der Waals surface area contributed by atoms with Crippen LogP contribution in [-0.4, -0.2) is 29.7 Å². The zero-order valence-corrected chi connectivity index (χ0v) is 12.6. The van der Waals surface area contributed by atoms with Crippen LogP contribution in [-0.2, 0) is 9.53 Å². The molecule has 1 aliphatic heterocycles. The lowest BCUT2D eigenvalue weighted by Crippen LogP contribution is -2.51. The lowest BCUT2D eigenvalue weighted by molar-refractivity contribution is -0.119. The van der Waals surface area contributed by atoms with E-state index in [1.165, 1.54) is 0 Å². The minimum atomic E-state index is -0.827. The van der Waals surface area contributed by atoms with Gasteiger partial charge < -0.3 is 20.1 Å². The van der Waals surface area contributed by atoms with Crippen molar-refractivity contribution in [2.24, 2.45) is 0 Å². The van der Waals surface area contributed by atoms with Gasteiger partial charge in [-0.3, -0.25) is 4.79 Å². The van der Waals surface area contributed by atoms with Crippen LogP contribution in [0.1, 0.15) is 27.7 Å². The highest BCUT2D eigenvalue weighted by Crippen LogP contribution is 2.28. The van der Waals surface area contributed by atoms with Crippen LogP contribution in [0.3, 0.4) is 0 Å². The molecule has 114 valence electrons. The van der Waals surface area contributed by atoms with Crippen LogP contribution < -0.4 is 15.4 Å². The van der Waals surface area contributed by atoms with E-state index < -0.39 is 23.8 Å². The molecule has 0 saturated heterocycles. The first kappa shape index (κ1) is 15.2. The van der Waals surface area contributed by atoms with Gasteiger partial charge in [0.1, 0.15) is 23.5 Å². The van der Waals surface area contributed by atoms with Crippen molar-refractivity contribution in [1.82, 2.24) is 5.32 Å². The number of hydrogen-bond acceptors (Lipinski definition) is 4. The van der Waals surface area contributed by atoms with Crippen LogP contribution in [0.15, 0.2) is 24.3 Å². The number of rotatable bonds is 1. The predicted molar refractivity (Wildman–Crippen MR) is 78.3 cm³/mol. The van der Waals surface area contributed by atoms with Crippen LogP contribution >= 0.6 is 0 Å². The minimum Gasteiger partial charge on any atom is -0.486 e. The molecular weight excluding hydrogens is 272 g/mol. The minimum absolute atomic E-state index is 0.335. The second-order valence-electron chi connectivity index (χ2n) is 5.93. The number of alkyl carbamates (subject to hydrolysis) is 1. The van der Waals surface area contributed by atoms with E-state index in [1.807, 2.05) is 6.07 Å². The number of fused-ring (bicyclic) bond motifs is 1. The fourth-order valence-corrected chi connectivity index (χ4v) is 1.98. The van der Waals surface area contributed by atoms with E-state index in [0.717, 1.165) is 0 Å². The molecular formula is C15H20N2O4. The molecule has 6 heteroatoms. The Hall–Kier alpha value is -2.24. The number of anilines is 1. The summed E-state index contributed by atoms with van der Waals surface area (Å²) in [6.07, 6.45) is -1.16. The molecule has 0 saturated carbocycles. The first-order chi connectivity index (χ1) is 9.76. The smallest absolute Gasteiger partial charge is 0.408 e. The number of nitrogens with one attached hydrogen (secondary N) is 2. The van der Waals surface area contributed by atoms with Gasteiger partial charge in [-0.25, -0.2) is 4.79 Å². The van der Waals surface area contributed by atoms with Gasteiger partial charge in [0.25, 0.3) is 5.91 Å². The van der Waals surface area contributed by atoms with E-state index in [4.69, 9.17) is 9.47 Å². The van der Waals surface area contributed by atoms with Crippen molar-refractivity contribution in [3.8, 4) is 5.75 Å². The third-order valence-corrected chi connectivity index (χ3v) is 2.88. The third-order valence-electron chi connectivity index (χ3n) is 2.88. The van der Waals surface area contributed by atoms with Gasteiger partial charge in [-0.05, 0) is 39.8 Å². The van der Waals surface area contributed by atoms with Crippen LogP contribution in [0.4, 0.5) is 10.5 Å². The van der Waals surface area contributed by atoms with E-state index in [9.17, 15) is 9.59 Å². The van der Waals surface area contributed by atoms with Crippen LogP contribution in [0.2, 0.25) is 0 Å².